The summed E-state index contributed by atoms with van der Waals surface area (Å²) in [6.45, 7) is 0. The highest BCUT2D eigenvalue weighted by molar-refractivity contribution is 8.14. The normalized spacial score (nSPS) is 12.0. The lowest BCUT2D eigenvalue weighted by atomic mass is 11.1. The van der Waals surface area contributed by atoms with Crippen molar-refractivity contribution in [2.45, 2.75) is 0 Å². The molecule has 1 aromatic heterocycles. The molecule has 0 unspecified atom stereocenters. The highest BCUT2D eigenvalue weighted by atomic mass is 32.1. The highest BCUT2D eigenvalue weighted by Gasteiger charge is 1.61. The van der Waals surface area contributed by atoms with Crippen LogP contribution in [0.5, 0.6) is 0 Å². The van der Waals surface area contributed by atoms with Gasteiger partial charge in [-0.05, 0) is 13.7 Å². The zero-order valence-corrected chi connectivity index (χ0v) is 5.63. The van der Waals surface area contributed by atoms with Gasteiger partial charge in [0.15, 0.2) is 0 Å². The van der Waals surface area contributed by atoms with Crippen molar-refractivity contribution in [3.05, 3.63) is 12.0 Å². The Morgan fingerprint density at radius 1 is 1.50 bits per heavy atom. The average Bonchev–Trinajstić information content (AvgIpc) is 1.72. The summed E-state index contributed by atoms with van der Waals surface area (Å²) in [5, 5.41) is 0. The summed E-state index contributed by atoms with van der Waals surface area (Å²) in [6.07, 6.45) is 1.86. The molecule has 0 aliphatic rings. The molecule has 0 amide bonds. The Balaban J connectivity index is 3.00. The summed E-state index contributed by atoms with van der Waals surface area (Å²) in [5.41, 5.74) is 0. The minimum Gasteiger partial charge on any atom is -0.230 e. The fourth-order valence-corrected chi connectivity index (χ4v) is 2.86. The molecular weight excluding hydrogens is 131 g/mol. The van der Waals surface area contributed by atoms with Gasteiger partial charge in [0.25, 0.3) is 0 Å². The molecule has 6 heavy (non-hydrogen) atoms. The Hall–Kier alpha value is 0.440. The fraction of sp³-hybridized carbons (Fsp3) is 0. The van der Waals surface area contributed by atoms with Crippen LogP contribution in [-0.2, 0) is 0 Å². The molecule has 4 heteroatoms. The maximum Gasteiger partial charge on any atom is 0.0743 e. The third-order valence-corrected chi connectivity index (χ3v) is 3.94. The van der Waals surface area contributed by atoms with Crippen LogP contribution in [0.25, 0.3) is 0 Å². The molecule has 0 spiro atoms. The molecule has 1 nitrogen and oxygen atoms in total. The van der Waals surface area contributed by atoms with Crippen molar-refractivity contribution < 1.29 is 0 Å². The standard InChI is InChI=1S/C2H2NP3/c1-2-4-6-5-3-1/h1-2H. The van der Waals surface area contributed by atoms with Gasteiger partial charge in [-0.2, -0.15) is 0 Å². The van der Waals surface area contributed by atoms with Crippen molar-refractivity contribution in [3.63, 3.8) is 0 Å². The van der Waals surface area contributed by atoms with Crippen molar-refractivity contribution in [1.82, 2.24) is 4.75 Å². The first-order valence-electron chi connectivity index (χ1n) is 1.45. The van der Waals surface area contributed by atoms with Crippen molar-refractivity contribution in [2.24, 2.45) is 0 Å². The Bertz CT molecular complexity index is 80.7. The zero-order valence-electron chi connectivity index (χ0n) is 2.94. The molecule has 0 saturated heterocycles. The van der Waals surface area contributed by atoms with E-state index in [2.05, 4.69) is 10.5 Å². The number of nitrogens with zero attached hydrogens (tertiary/aromatic N) is 1. The van der Waals surface area contributed by atoms with Gasteiger partial charge < -0.3 is 0 Å². The van der Waals surface area contributed by atoms with E-state index in [0.29, 0.717) is 0 Å². The van der Waals surface area contributed by atoms with Crippen LogP contribution in [0.2, 0.25) is 0 Å². The maximum absolute atomic E-state index is 3.95. The summed E-state index contributed by atoms with van der Waals surface area (Å²) in [5.74, 6) is 2.05. The van der Waals surface area contributed by atoms with E-state index >= 15 is 0 Å². The average molecular weight is 133 g/mol. The first kappa shape index (κ1) is 4.60. The van der Waals surface area contributed by atoms with Gasteiger partial charge in [0.05, 0.1) is 8.03 Å². The lowest BCUT2D eigenvalue weighted by Gasteiger charge is -1.66. The van der Waals surface area contributed by atoms with Crippen LogP contribution in [0.15, 0.2) is 12.0 Å². The van der Waals surface area contributed by atoms with E-state index in [4.69, 9.17) is 0 Å². The number of rotatable bonds is 0. The van der Waals surface area contributed by atoms with E-state index in [0.717, 1.165) is 0 Å². The van der Waals surface area contributed by atoms with E-state index in [1.807, 2.05) is 6.20 Å². The van der Waals surface area contributed by atoms with E-state index in [9.17, 15) is 0 Å². The molecule has 0 radical (unpaired) electrons. The molecule has 1 heterocycles. The topological polar surface area (TPSA) is 12.9 Å². The smallest absolute Gasteiger partial charge is 0.0743 e. The molecule has 0 aliphatic carbocycles. The fourth-order valence-electron chi connectivity index (χ4n) is 0.165. The van der Waals surface area contributed by atoms with Gasteiger partial charge in [0.1, 0.15) is 0 Å². The molecule has 0 bridgehead atoms. The summed E-state index contributed by atoms with van der Waals surface area (Å²) in [4.78, 5) is 0. The lowest BCUT2D eigenvalue weighted by molar-refractivity contribution is 1.58. The second-order valence-corrected chi connectivity index (χ2v) is 5.20. The first-order chi connectivity index (χ1) is 3.00. The van der Waals surface area contributed by atoms with Crippen LogP contribution in [-0.4, -0.2) is 4.75 Å². The number of hydrogen-bond donors (Lipinski definition) is 0. The van der Waals surface area contributed by atoms with Gasteiger partial charge in [-0.15, -0.1) is 0 Å². The molecule has 30 valence electrons. The summed E-state index contributed by atoms with van der Waals surface area (Å²) < 4.78 is 3.95. The van der Waals surface area contributed by atoms with Crippen LogP contribution in [0, 0.1) is 0 Å². The Kier molecular flexibility index (Phi) is 1.98. The largest absolute Gasteiger partial charge is 0.230 e. The Labute approximate surface area is 41.0 Å². The molecular formula is C2H2NP3. The molecule has 1 aromatic rings. The molecule has 0 aromatic carbocycles. The summed E-state index contributed by atoms with van der Waals surface area (Å²) in [6, 6.07) is 0. The minimum atomic E-state index is 1.20. The van der Waals surface area contributed by atoms with E-state index < -0.39 is 0 Å². The maximum atomic E-state index is 3.95. The van der Waals surface area contributed by atoms with Gasteiger partial charge in [-0.1, -0.05) is 0 Å². The van der Waals surface area contributed by atoms with Gasteiger partial charge in [0, 0.05) is 13.7 Å². The molecule has 0 fully saturated rings. The van der Waals surface area contributed by atoms with Crippen LogP contribution in [0.1, 0.15) is 0 Å². The highest BCUT2D eigenvalue weighted by Crippen LogP contribution is 2.24. The van der Waals surface area contributed by atoms with Gasteiger partial charge in [-0.3, -0.25) is 0 Å². The summed E-state index contributed by atoms with van der Waals surface area (Å²) in [7, 11) is 3.97. The molecule has 0 N–H and O–H groups in total. The number of aromatic nitrogens is 1. The third-order valence-electron chi connectivity index (χ3n) is 0.343. The molecule has 1 rings (SSSR count). The van der Waals surface area contributed by atoms with Crippen molar-refractivity contribution in [3.8, 4) is 0 Å². The lowest BCUT2D eigenvalue weighted by Crippen LogP contribution is -1.40. The SMILES string of the molecule is c1cpppn1. The number of hydrogen-bond acceptors (Lipinski definition) is 1. The Morgan fingerprint density at radius 3 is 2.67 bits per heavy atom. The molecule has 0 atom stereocenters. The van der Waals surface area contributed by atoms with Gasteiger partial charge >= 0.3 is 0 Å². The third kappa shape index (κ3) is 1.27. The van der Waals surface area contributed by atoms with Crippen LogP contribution >= 0.6 is 23.4 Å². The van der Waals surface area contributed by atoms with Gasteiger partial charge in [-0.25, -0.2) is 4.75 Å². The van der Waals surface area contributed by atoms with Crippen molar-refractivity contribution in [1.29, 1.82) is 0 Å². The van der Waals surface area contributed by atoms with Crippen molar-refractivity contribution >= 4 is 23.4 Å². The van der Waals surface area contributed by atoms with E-state index in [-0.39, 0.29) is 0 Å². The molecule has 0 saturated carbocycles. The zero-order chi connectivity index (χ0) is 4.24. The predicted molar refractivity (Wildman–Crippen MR) is 31.8 cm³/mol. The molecule has 0 aliphatic heterocycles. The second kappa shape index (κ2) is 2.59. The van der Waals surface area contributed by atoms with Gasteiger partial charge in [0.2, 0.25) is 0 Å². The monoisotopic (exact) mass is 133 g/mol. The van der Waals surface area contributed by atoms with Crippen LogP contribution in [0.3, 0.4) is 0 Å². The van der Waals surface area contributed by atoms with Crippen LogP contribution < -0.4 is 0 Å². The van der Waals surface area contributed by atoms with E-state index in [1.165, 1.54) is 23.4 Å². The quantitative estimate of drug-likeness (QED) is 0.530. The van der Waals surface area contributed by atoms with E-state index in [1.54, 1.807) is 0 Å². The summed E-state index contributed by atoms with van der Waals surface area (Å²) >= 11 is 0. The first-order valence-corrected chi connectivity index (χ1v) is 5.57. The second-order valence-electron chi connectivity index (χ2n) is 0.708. The van der Waals surface area contributed by atoms with Crippen LogP contribution in [0.4, 0.5) is 0 Å². The Morgan fingerprint density at radius 2 is 2.50 bits per heavy atom. The predicted octanol–water partition coefficient (Wildman–Crippen LogP) is 2.82. The van der Waals surface area contributed by atoms with Crippen molar-refractivity contribution in [2.75, 3.05) is 0 Å². The minimum absolute atomic E-state index is 1.20.